The molecular weight excluding hydrogens is 278 g/mol. The molecule has 4 heteroatoms. The highest BCUT2D eigenvalue weighted by atomic mass is 35.5. The first kappa shape index (κ1) is 14.4. The first-order valence-corrected chi connectivity index (χ1v) is 7.59. The third kappa shape index (κ3) is 3.96. The summed E-state index contributed by atoms with van der Waals surface area (Å²) in [7, 11) is 0. The molecule has 19 heavy (non-hydrogen) atoms. The maximum Gasteiger partial charge on any atom is 0.124 e. The Labute approximate surface area is 123 Å². The van der Waals surface area contributed by atoms with Crippen LogP contribution in [-0.4, -0.2) is 6.54 Å². The number of ether oxygens (including phenoxy) is 1. The molecule has 102 valence electrons. The van der Waals surface area contributed by atoms with Crippen molar-refractivity contribution in [2.45, 2.75) is 26.5 Å². The Hall–Kier alpha value is -1.03. The van der Waals surface area contributed by atoms with Crippen molar-refractivity contribution in [3.8, 4) is 5.75 Å². The Balaban J connectivity index is 2.07. The molecule has 0 aliphatic heterocycles. The third-order valence-corrected chi connectivity index (χ3v) is 4.10. The van der Waals surface area contributed by atoms with Gasteiger partial charge in [-0.25, -0.2) is 0 Å². The van der Waals surface area contributed by atoms with Crippen LogP contribution in [0.5, 0.6) is 5.75 Å². The second-order valence-corrected chi connectivity index (χ2v) is 6.11. The maximum absolute atomic E-state index is 5.92. The molecule has 2 nitrogen and oxygen atoms in total. The van der Waals surface area contributed by atoms with Gasteiger partial charge in [0.15, 0.2) is 0 Å². The van der Waals surface area contributed by atoms with Crippen molar-refractivity contribution in [2.75, 3.05) is 6.54 Å². The lowest BCUT2D eigenvalue weighted by molar-refractivity contribution is 0.303. The molecule has 2 rings (SSSR count). The van der Waals surface area contributed by atoms with Crippen LogP contribution in [0.1, 0.15) is 30.3 Å². The van der Waals surface area contributed by atoms with Gasteiger partial charge in [0.2, 0.25) is 0 Å². The average Bonchev–Trinajstić information content (AvgIpc) is 2.83. The van der Waals surface area contributed by atoms with E-state index in [0.29, 0.717) is 6.61 Å². The van der Waals surface area contributed by atoms with E-state index in [2.05, 4.69) is 25.2 Å². The van der Waals surface area contributed by atoms with Crippen LogP contribution in [0.15, 0.2) is 36.4 Å². The molecule has 0 amide bonds. The molecule has 1 aromatic carbocycles. The summed E-state index contributed by atoms with van der Waals surface area (Å²) in [6, 6.07) is 12.3. The van der Waals surface area contributed by atoms with E-state index in [0.717, 1.165) is 21.5 Å². The number of hydrogen-bond acceptors (Lipinski definition) is 3. The fourth-order valence-corrected chi connectivity index (χ4v) is 2.96. The smallest absolute Gasteiger partial charge is 0.124 e. The first-order chi connectivity index (χ1) is 9.20. The summed E-state index contributed by atoms with van der Waals surface area (Å²) in [6.45, 7) is 5.75. The van der Waals surface area contributed by atoms with Gasteiger partial charge in [0.25, 0.3) is 0 Å². The minimum atomic E-state index is 0.285. The van der Waals surface area contributed by atoms with E-state index in [1.807, 2.05) is 30.3 Å². The van der Waals surface area contributed by atoms with Crippen LogP contribution in [0.4, 0.5) is 0 Å². The molecule has 1 aromatic heterocycles. The van der Waals surface area contributed by atoms with Crippen LogP contribution in [0.2, 0.25) is 4.34 Å². The standard InChI is InChI=1S/C15H18ClNOS/c1-3-17-11(2)13-6-4-5-7-14(13)18-10-12-8-9-15(16)19-12/h4-9,11,17H,3,10H2,1-2H3. The molecule has 0 bridgehead atoms. The number of rotatable bonds is 6. The summed E-state index contributed by atoms with van der Waals surface area (Å²) in [6.07, 6.45) is 0. The fourth-order valence-electron chi connectivity index (χ4n) is 1.96. The average molecular weight is 296 g/mol. The Kier molecular flexibility index (Phi) is 5.25. The molecule has 0 saturated carbocycles. The van der Waals surface area contributed by atoms with Gasteiger partial charge in [0, 0.05) is 16.5 Å². The second kappa shape index (κ2) is 6.94. The number of para-hydroxylation sites is 1. The molecular formula is C15H18ClNOS. The molecule has 0 aliphatic carbocycles. The van der Waals surface area contributed by atoms with Gasteiger partial charge in [-0.2, -0.15) is 0 Å². The van der Waals surface area contributed by atoms with Crippen LogP contribution >= 0.6 is 22.9 Å². The molecule has 2 aromatic rings. The maximum atomic E-state index is 5.92. The number of benzene rings is 1. The molecule has 0 aliphatic rings. The summed E-state index contributed by atoms with van der Waals surface area (Å²) in [5, 5.41) is 3.41. The summed E-state index contributed by atoms with van der Waals surface area (Å²) in [5.74, 6) is 0.931. The zero-order valence-corrected chi connectivity index (χ0v) is 12.7. The number of halogens is 1. The van der Waals surface area contributed by atoms with E-state index < -0.39 is 0 Å². The van der Waals surface area contributed by atoms with E-state index in [9.17, 15) is 0 Å². The number of nitrogens with one attached hydrogen (secondary N) is 1. The zero-order valence-electron chi connectivity index (χ0n) is 11.2. The molecule has 0 saturated heterocycles. The van der Waals surface area contributed by atoms with E-state index in [-0.39, 0.29) is 6.04 Å². The SMILES string of the molecule is CCNC(C)c1ccccc1OCc1ccc(Cl)s1. The van der Waals surface area contributed by atoms with Crippen LogP contribution in [0, 0.1) is 0 Å². The van der Waals surface area contributed by atoms with Crippen molar-refractivity contribution >= 4 is 22.9 Å². The highest BCUT2D eigenvalue weighted by molar-refractivity contribution is 7.16. The van der Waals surface area contributed by atoms with Gasteiger partial charge >= 0.3 is 0 Å². The fraction of sp³-hybridized carbons (Fsp3) is 0.333. The van der Waals surface area contributed by atoms with Gasteiger partial charge in [-0.05, 0) is 31.7 Å². The van der Waals surface area contributed by atoms with Crippen molar-refractivity contribution in [3.05, 3.63) is 51.2 Å². The van der Waals surface area contributed by atoms with E-state index in [4.69, 9.17) is 16.3 Å². The molecule has 1 unspecified atom stereocenters. The minimum absolute atomic E-state index is 0.285. The van der Waals surface area contributed by atoms with Gasteiger partial charge in [0.1, 0.15) is 12.4 Å². The monoisotopic (exact) mass is 295 g/mol. The van der Waals surface area contributed by atoms with Crippen molar-refractivity contribution < 1.29 is 4.74 Å². The molecule has 1 atom stereocenters. The van der Waals surface area contributed by atoms with Crippen molar-refractivity contribution in [1.29, 1.82) is 0 Å². The van der Waals surface area contributed by atoms with Crippen LogP contribution < -0.4 is 10.1 Å². The van der Waals surface area contributed by atoms with E-state index in [1.54, 1.807) is 11.3 Å². The van der Waals surface area contributed by atoms with Crippen LogP contribution in [0.3, 0.4) is 0 Å². The Morgan fingerprint density at radius 1 is 1.26 bits per heavy atom. The van der Waals surface area contributed by atoms with Crippen molar-refractivity contribution in [3.63, 3.8) is 0 Å². The predicted molar refractivity (Wildman–Crippen MR) is 82.2 cm³/mol. The van der Waals surface area contributed by atoms with Crippen molar-refractivity contribution in [1.82, 2.24) is 5.32 Å². The Morgan fingerprint density at radius 2 is 2.05 bits per heavy atom. The van der Waals surface area contributed by atoms with Gasteiger partial charge < -0.3 is 10.1 Å². The largest absolute Gasteiger partial charge is 0.488 e. The molecule has 1 N–H and O–H groups in total. The lowest BCUT2D eigenvalue weighted by Gasteiger charge is -2.17. The second-order valence-electron chi connectivity index (χ2n) is 4.31. The highest BCUT2D eigenvalue weighted by Crippen LogP contribution is 2.27. The summed E-state index contributed by atoms with van der Waals surface area (Å²) < 4.78 is 6.71. The molecule has 0 fully saturated rings. The molecule has 0 spiro atoms. The topological polar surface area (TPSA) is 21.3 Å². The van der Waals surface area contributed by atoms with Crippen molar-refractivity contribution in [2.24, 2.45) is 0 Å². The third-order valence-electron chi connectivity index (χ3n) is 2.89. The normalized spacial score (nSPS) is 12.4. The minimum Gasteiger partial charge on any atom is -0.488 e. The molecule has 1 heterocycles. The zero-order chi connectivity index (χ0) is 13.7. The first-order valence-electron chi connectivity index (χ1n) is 6.40. The lowest BCUT2D eigenvalue weighted by Crippen LogP contribution is -2.18. The Bertz CT molecular complexity index is 526. The van der Waals surface area contributed by atoms with E-state index >= 15 is 0 Å². The Morgan fingerprint density at radius 3 is 2.74 bits per heavy atom. The van der Waals surface area contributed by atoms with Crippen LogP contribution in [0.25, 0.3) is 0 Å². The number of thiophene rings is 1. The highest BCUT2D eigenvalue weighted by Gasteiger charge is 2.10. The van der Waals surface area contributed by atoms with Gasteiger partial charge in [-0.15, -0.1) is 11.3 Å². The molecule has 0 radical (unpaired) electrons. The van der Waals surface area contributed by atoms with E-state index in [1.165, 1.54) is 5.56 Å². The summed E-state index contributed by atoms with van der Waals surface area (Å²) >= 11 is 7.47. The number of hydrogen-bond donors (Lipinski definition) is 1. The lowest BCUT2D eigenvalue weighted by atomic mass is 10.1. The quantitative estimate of drug-likeness (QED) is 0.837. The summed E-state index contributed by atoms with van der Waals surface area (Å²) in [5.41, 5.74) is 1.19. The predicted octanol–water partition coefficient (Wildman–Crippen LogP) is 4.65. The van der Waals surface area contributed by atoms with Gasteiger partial charge in [-0.1, -0.05) is 36.7 Å². The summed E-state index contributed by atoms with van der Waals surface area (Å²) in [4.78, 5) is 1.14. The van der Waals surface area contributed by atoms with Crippen LogP contribution in [-0.2, 0) is 6.61 Å². The van der Waals surface area contributed by atoms with Gasteiger partial charge in [-0.3, -0.25) is 0 Å². The van der Waals surface area contributed by atoms with Gasteiger partial charge in [0.05, 0.1) is 4.34 Å².